The maximum Gasteiger partial charge on any atom is 0.0929 e. The van der Waals surface area contributed by atoms with Gasteiger partial charge < -0.3 is 10.4 Å². The summed E-state index contributed by atoms with van der Waals surface area (Å²) in [6, 6.07) is 13.4. The Morgan fingerprint density at radius 1 is 1.10 bits per heavy atom. The fourth-order valence-corrected chi connectivity index (χ4v) is 2.36. The molecule has 0 aliphatic heterocycles. The van der Waals surface area contributed by atoms with E-state index in [9.17, 15) is 5.11 Å². The number of aryl methyl sites for hydroxylation is 1. The Kier molecular flexibility index (Phi) is 5.44. The maximum absolute atomic E-state index is 10.1. The Labute approximate surface area is 129 Å². The number of hydrogen-bond acceptors (Lipinski definition) is 2. The number of halogens is 2. The molecule has 0 amide bonds. The quantitative estimate of drug-likeness (QED) is 0.870. The average Bonchev–Trinajstić information content (AvgIpc) is 2.43. The number of aliphatic hydroxyl groups excluding tert-OH is 1. The van der Waals surface area contributed by atoms with Crippen LogP contribution in [-0.2, 0) is 6.54 Å². The van der Waals surface area contributed by atoms with Gasteiger partial charge in [-0.1, -0.05) is 53.0 Å². The third kappa shape index (κ3) is 4.22. The molecule has 2 nitrogen and oxygen atoms in total. The molecule has 0 bridgehead atoms. The molecule has 2 aromatic carbocycles. The molecule has 0 aliphatic rings. The Bertz CT molecular complexity index is 569. The number of hydrogen-bond donors (Lipinski definition) is 2. The van der Waals surface area contributed by atoms with Crippen LogP contribution in [0.2, 0.25) is 10.0 Å². The molecule has 1 unspecified atom stereocenters. The van der Waals surface area contributed by atoms with Crippen LogP contribution in [0.1, 0.15) is 22.8 Å². The van der Waals surface area contributed by atoms with Crippen LogP contribution in [0, 0.1) is 6.92 Å². The summed E-state index contributed by atoms with van der Waals surface area (Å²) in [7, 11) is 0. The van der Waals surface area contributed by atoms with E-state index in [1.54, 1.807) is 18.2 Å². The molecule has 0 spiro atoms. The predicted molar refractivity (Wildman–Crippen MR) is 84.3 cm³/mol. The highest BCUT2D eigenvalue weighted by Gasteiger charge is 2.11. The van der Waals surface area contributed by atoms with E-state index in [2.05, 4.69) is 36.5 Å². The highest BCUT2D eigenvalue weighted by Crippen LogP contribution is 2.26. The van der Waals surface area contributed by atoms with Crippen LogP contribution >= 0.6 is 23.2 Å². The van der Waals surface area contributed by atoms with E-state index in [1.807, 2.05) is 0 Å². The summed E-state index contributed by atoms with van der Waals surface area (Å²) in [6.07, 6.45) is -0.674. The lowest BCUT2D eigenvalue weighted by Crippen LogP contribution is -2.21. The zero-order valence-corrected chi connectivity index (χ0v) is 12.7. The third-order valence-corrected chi connectivity index (χ3v) is 3.68. The minimum absolute atomic E-state index is 0.425. The first kappa shape index (κ1) is 15.3. The molecule has 106 valence electrons. The predicted octanol–water partition coefficient (Wildman–Crippen LogP) is 4.13. The van der Waals surface area contributed by atoms with Crippen molar-refractivity contribution in [2.75, 3.05) is 6.54 Å². The second-order valence-electron chi connectivity index (χ2n) is 4.80. The summed E-state index contributed by atoms with van der Waals surface area (Å²) >= 11 is 12.0. The van der Waals surface area contributed by atoms with Gasteiger partial charge in [0.2, 0.25) is 0 Å². The molecule has 20 heavy (non-hydrogen) atoms. The molecular formula is C16H17Cl2NO. The SMILES string of the molecule is Cc1ccc(CNCC(O)c2cc(Cl)ccc2Cl)cc1. The molecule has 0 radical (unpaired) electrons. The van der Waals surface area contributed by atoms with Gasteiger partial charge in [-0.15, -0.1) is 0 Å². The van der Waals surface area contributed by atoms with Crippen molar-refractivity contribution >= 4 is 23.2 Å². The van der Waals surface area contributed by atoms with E-state index >= 15 is 0 Å². The van der Waals surface area contributed by atoms with E-state index in [1.165, 1.54) is 11.1 Å². The van der Waals surface area contributed by atoms with Crippen LogP contribution < -0.4 is 5.32 Å². The van der Waals surface area contributed by atoms with Gasteiger partial charge in [-0.05, 0) is 30.7 Å². The Balaban J connectivity index is 1.90. The van der Waals surface area contributed by atoms with Gasteiger partial charge in [0, 0.05) is 28.7 Å². The topological polar surface area (TPSA) is 32.3 Å². The molecule has 0 saturated carbocycles. The fourth-order valence-electron chi connectivity index (χ4n) is 1.94. The average molecular weight is 310 g/mol. The van der Waals surface area contributed by atoms with E-state index < -0.39 is 6.10 Å². The molecule has 0 aliphatic carbocycles. The van der Waals surface area contributed by atoms with Crippen LogP contribution in [0.3, 0.4) is 0 Å². The molecule has 1 atom stereocenters. The van der Waals surface area contributed by atoms with E-state index in [0.717, 1.165) is 0 Å². The molecule has 0 aromatic heterocycles. The molecule has 2 rings (SSSR count). The Hall–Kier alpha value is -1.06. The highest BCUT2D eigenvalue weighted by atomic mass is 35.5. The summed E-state index contributed by atoms with van der Waals surface area (Å²) in [6.45, 7) is 3.19. The standard InChI is InChI=1S/C16H17Cl2NO/c1-11-2-4-12(5-3-11)9-19-10-16(20)14-8-13(17)6-7-15(14)18/h2-8,16,19-20H,9-10H2,1H3. The molecular weight excluding hydrogens is 293 g/mol. The van der Waals surface area contributed by atoms with Crippen molar-refractivity contribution in [3.8, 4) is 0 Å². The van der Waals surface area contributed by atoms with E-state index in [4.69, 9.17) is 23.2 Å². The first-order chi connectivity index (χ1) is 9.56. The fraction of sp³-hybridized carbons (Fsp3) is 0.250. The minimum atomic E-state index is -0.674. The van der Waals surface area contributed by atoms with Crippen molar-refractivity contribution in [3.05, 3.63) is 69.2 Å². The molecule has 4 heteroatoms. The van der Waals surface area contributed by atoms with Gasteiger partial charge in [0.05, 0.1) is 6.10 Å². The van der Waals surface area contributed by atoms with Crippen LogP contribution in [-0.4, -0.2) is 11.7 Å². The smallest absolute Gasteiger partial charge is 0.0929 e. The molecule has 2 aromatic rings. The van der Waals surface area contributed by atoms with Gasteiger partial charge in [-0.25, -0.2) is 0 Å². The van der Waals surface area contributed by atoms with Crippen LogP contribution in [0.4, 0.5) is 0 Å². The van der Waals surface area contributed by atoms with Crippen molar-refractivity contribution in [1.82, 2.24) is 5.32 Å². The zero-order chi connectivity index (χ0) is 14.5. The van der Waals surface area contributed by atoms with Gasteiger partial charge in [0.1, 0.15) is 0 Å². The molecule has 0 saturated heterocycles. The summed E-state index contributed by atoms with van der Waals surface area (Å²) < 4.78 is 0. The second kappa shape index (κ2) is 7.09. The lowest BCUT2D eigenvalue weighted by Gasteiger charge is -2.14. The number of rotatable bonds is 5. The van der Waals surface area contributed by atoms with Crippen molar-refractivity contribution < 1.29 is 5.11 Å². The monoisotopic (exact) mass is 309 g/mol. The minimum Gasteiger partial charge on any atom is -0.387 e. The third-order valence-electron chi connectivity index (χ3n) is 3.10. The van der Waals surface area contributed by atoms with Gasteiger partial charge in [0.15, 0.2) is 0 Å². The molecule has 0 heterocycles. The molecule has 0 fully saturated rings. The lowest BCUT2D eigenvalue weighted by atomic mass is 10.1. The maximum atomic E-state index is 10.1. The zero-order valence-electron chi connectivity index (χ0n) is 11.2. The van der Waals surface area contributed by atoms with E-state index in [-0.39, 0.29) is 0 Å². The summed E-state index contributed by atoms with van der Waals surface area (Å²) in [5, 5.41) is 14.5. The van der Waals surface area contributed by atoms with Crippen LogP contribution in [0.25, 0.3) is 0 Å². The normalized spacial score (nSPS) is 12.4. The Morgan fingerprint density at radius 2 is 1.80 bits per heavy atom. The first-order valence-electron chi connectivity index (χ1n) is 6.45. The number of benzene rings is 2. The van der Waals surface area contributed by atoms with Crippen molar-refractivity contribution in [1.29, 1.82) is 0 Å². The van der Waals surface area contributed by atoms with Gasteiger partial charge in [-0.2, -0.15) is 0 Å². The van der Waals surface area contributed by atoms with Crippen molar-refractivity contribution in [2.45, 2.75) is 19.6 Å². The van der Waals surface area contributed by atoms with Gasteiger partial charge >= 0.3 is 0 Å². The summed E-state index contributed by atoms with van der Waals surface area (Å²) in [4.78, 5) is 0. The van der Waals surface area contributed by atoms with Gasteiger partial charge in [0.25, 0.3) is 0 Å². The largest absolute Gasteiger partial charge is 0.387 e. The van der Waals surface area contributed by atoms with E-state index in [0.29, 0.717) is 28.7 Å². The Morgan fingerprint density at radius 3 is 2.50 bits per heavy atom. The molecule has 2 N–H and O–H groups in total. The van der Waals surface area contributed by atoms with Crippen LogP contribution in [0.15, 0.2) is 42.5 Å². The number of aliphatic hydroxyl groups is 1. The van der Waals surface area contributed by atoms with Crippen LogP contribution in [0.5, 0.6) is 0 Å². The first-order valence-corrected chi connectivity index (χ1v) is 7.21. The van der Waals surface area contributed by atoms with Crippen molar-refractivity contribution in [2.24, 2.45) is 0 Å². The van der Waals surface area contributed by atoms with Gasteiger partial charge in [-0.3, -0.25) is 0 Å². The summed E-state index contributed by atoms with van der Waals surface area (Å²) in [5.74, 6) is 0. The van der Waals surface area contributed by atoms with Crippen molar-refractivity contribution in [3.63, 3.8) is 0 Å². The lowest BCUT2D eigenvalue weighted by molar-refractivity contribution is 0.174. The highest BCUT2D eigenvalue weighted by molar-refractivity contribution is 6.33. The second-order valence-corrected chi connectivity index (χ2v) is 5.64. The summed E-state index contributed by atoms with van der Waals surface area (Å²) in [5.41, 5.74) is 3.06. The number of nitrogens with one attached hydrogen (secondary N) is 1.